The summed E-state index contributed by atoms with van der Waals surface area (Å²) in [4.78, 5) is 27.9. The number of nitrogens with one attached hydrogen (secondary N) is 1. The maximum Gasteiger partial charge on any atom is 0.245 e. The summed E-state index contributed by atoms with van der Waals surface area (Å²) in [6.45, 7) is 12.0. The van der Waals surface area contributed by atoms with Crippen LogP contribution in [0.4, 0.5) is 0 Å². The van der Waals surface area contributed by atoms with Gasteiger partial charge in [-0.3, -0.25) is 9.59 Å². The van der Waals surface area contributed by atoms with Gasteiger partial charge in [-0.1, -0.05) is 32.8 Å². The van der Waals surface area contributed by atoms with E-state index in [1.807, 2.05) is 39.0 Å². The Bertz CT molecular complexity index is 811. The predicted molar refractivity (Wildman–Crippen MR) is 126 cm³/mol. The lowest BCUT2D eigenvalue weighted by atomic mass is 9.77. The molecule has 1 saturated heterocycles. The molecule has 0 radical (unpaired) electrons. The minimum atomic E-state index is -0.786. The Morgan fingerprint density at radius 2 is 1.88 bits per heavy atom. The van der Waals surface area contributed by atoms with Crippen molar-refractivity contribution in [3.8, 4) is 11.5 Å². The molecule has 0 spiro atoms. The fourth-order valence-electron chi connectivity index (χ4n) is 5.10. The van der Waals surface area contributed by atoms with Gasteiger partial charge in [-0.25, -0.2) is 0 Å². The van der Waals surface area contributed by atoms with E-state index in [2.05, 4.69) is 19.2 Å². The number of ether oxygens (including phenoxy) is 2. The third-order valence-corrected chi connectivity index (χ3v) is 7.47. The van der Waals surface area contributed by atoms with E-state index in [1.54, 1.807) is 4.90 Å². The molecule has 1 aromatic carbocycles. The molecule has 1 aromatic rings. The van der Waals surface area contributed by atoms with E-state index in [9.17, 15) is 9.59 Å². The second-order valence-corrected chi connectivity index (χ2v) is 9.56. The summed E-state index contributed by atoms with van der Waals surface area (Å²) in [7, 11) is 0. The number of amides is 2. The molecule has 0 bridgehead atoms. The molecule has 2 aliphatic rings. The number of carbonyl (C=O) groups excluding carboxylic acids is 2. The lowest BCUT2D eigenvalue weighted by Gasteiger charge is -2.39. The van der Waals surface area contributed by atoms with Gasteiger partial charge in [-0.15, -0.1) is 0 Å². The molecule has 1 aliphatic carbocycles. The van der Waals surface area contributed by atoms with Crippen molar-refractivity contribution in [1.82, 2.24) is 10.2 Å². The van der Waals surface area contributed by atoms with Gasteiger partial charge in [0.15, 0.2) is 11.5 Å². The second kappa shape index (κ2) is 10.6. The molecule has 1 saturated carbocycles. The fourth-order valence-corrected chi connectivity index (χ4v) is 5.10. The molecule has 2 fully saturated rings. The van der Waals surface area contributed by atoms with E-state index >= 15 is 0 Å². The van der Waals surface area contributed by atoms with Crippen molar-refractivity contribution in [2.24, 2.45) is 11.8 Å². The largest absolute Gasteiger partial charge is 0.490 e. The fraction of sp³-hybridized carbons (Fsp3) is 0.692. The zero-order chi connectivity index (χ0) is 23.3. The van der Waals surface area contributed by atoms with E-state index in [0.29, 0.717) is 50.9 Å². The Kier molecular flexibility index (Phi) is 8.07. The van der Waals surface area contributed by atoms with Gasteiger partial charge in [-0.2, -0.15) is 0 Å². The molecule has 0 aromatic heterocycles. The van der Waals surface area contributed by atoms with Gasteiger partial charge in [-0.05, 0) is 69.6 Å². The van der Waals surface area contributed by atoms with Crippen molar-refractivity contribution < 1.29 is 19.1 Å². The van der Waals surface area contributed by atoms with E-state index < -0.39 is 5.54 Å². The van der Waals surface area contributed by atoms with Crippen molar-refractivity contribution in [1.29, 1.82) is 0 Å². The van der Waals surface area contributed by atoms with Gasteiger partial charge in [0.1, 0.15) is 5.54 Å². The molecule has 2 amide bonds. The number of hydrogen-bond acceptors (Lipinski definition) is 4. The average molecular weight is 445 g/mol. The number of carbonyl (C=O) groups is 2. The summed E-state index contributed by atoms with van der Waals surface area (Å²) < 4.78 is 11.4. The number of benzene rings is 1. The monoisotopic (exact) mass is 444 g/mol. The van der Waals surface area contributed by atoms with Crippen LogP contribution in [0, 0.1) is 11.8 Å². The molecule has 1 N–H and O–H groups in total. The first-order valence-electron chi connectivity index (χ1n) is 12.3. The molecular formula is C26H40N2O4. The van der Waals surface area contributed by atoms with Crippen molar-refractivity contribution in [3.05, 3.63) is 23.8 Å². The van der Waals surface area contributed by atoms with Gasteiger partial charge < -0.3 is 19.7 Å². The highest BCUT2D eigenvalue weighted by atomic mass is 16.5. The zero-order valence-electron chi connectivity index (χ0n) is 20.4. The standard InChI is InChI=1S/C26H40N2O4/c1-6-31-22-12-11-20(17-23(22)32-7-2)14-16-28-24(29)13-15-26(28,5)25(30)27-21-10-8-9-18(3)19(21)4/h11-12,17-19,21H,6-10,13-16H2,1-5H3,(H,27,30)/t18-,19+,21+,26+/m0/s1. The first kappa shape index (κ1) is 24.4. The van der Waals surface area contributed by atoms with E-state index in [1.165, 1.54) is 6.42 Å². The average Bonchev–Trinajstić information content (AvgIpc) is 3.06. The van der Waals surface area contributed by atoms with Crippen LogP contribution in [-0.2, 0) is 16.0 Å². The van der Waals surface area contributed by atoms with E-state index in [-0.39, 0.29) is 17.9 Å². The first-order chi connectivity index (χ1) is 15.3. The Morgan fingerprint density at radius 3 is 2.59 bits per heavy atom. The van der Waals surface area contributed by atoms with Crippen LogP contribution in [0.15, 0.2) is 18.2 Å². The summed E-state index contributed by atoms with van der Waals surface area (Å²) in [6.07, 6.45) is 5.05. The lowest BCUT2D eigenvalue weighted by molar-refractivity contribution is -0.141. The van der Waals surface area contributed by atoms with Gasteiger partial charge in [0.25, 0.3) is 0 Å². The predicted octanol–water partition coefficient (Wildman–Crippen LogP) is 4.35. The topological polar surface area (TPSA) is 67.9 Å². The molecule has 3 rings (SSSR count). The summed E-state index contributed by atoms with van der Waals surface area (Å²) in [5.41, 5.74) is 0.278. The molecule has 0 unspecified atom stereocenters. The molecule has 6 heteroatoms. The van der Waals surface area contributed by atoms with Crippen LogP contribution in [0.25, 0.3) is 0 Å². The molecular weight excluding hydrogens is 404 g/mol. The van der Waals surface area contributed by atoms with Crippen LogP contribution in [0.2, 0.25) is 0 Å². The maximum atomic E-state index is 13.4. The van der Waals surface area contributed by atoms with Crippen LogP contribution in [0.3, 0.4) is 0 Å². The minimum Gasteiger partial charge on any atom is -0.490 e. The second-order valence-electron chi connectivity index (χ2n) is 9.56. The van der Waals surface area contributed by atoms with Crippen LogP contribution in [0.1, 0.15) is 72.3 Å². The third kappa shape index (κ3) is 5.21. The number of hydrogen-bond donors (Lipinski definition) is 1. The van der Waals surface area contributed by atoms with Crippen LogP contribution >= 0.6 is 0 Å². The van der Waals surface area contributed by atoms with Crippen molar-refractivity contribution in [2.75, 3.05) is 19.8 Å². The van der Waals surface area contributed by atoms with Gasteiger partial charge in [0, 0.05) is 19.0 Å². The van der Waals surface area contributed by atoms with E-state index in [4.69, 9.17) is 9.47 Å². The summed E-state index contributed by atoms with van der Waals surface area (Å²) in [6, 6.07) is 6.11. The highest BCUT2D eigenvalue weighted by Gasteiger charge is 2.47. The third-order valence-electron chi connectivity index (χ3n) is 7.47. The number of nitrogens with zero attached hydrogens (tertiary/aromatic N) is 1. The molecule has 1 aliphatic heterocycles. The van der Waals surface area contributed by atoms with E-state index in [0.717, 1.165) is 29.9 Å². The van der Waals surface area contributed by atoms with Gasteiger partial charge >= 0.3 is 0 Å². The molecule has 32 heavy (non-hydrogen) atoms. The quantitative estimate of drug-likeness (QED) is 0.615. The van der Waals surface area contributed by atoms with Crippen LogP contribution in [-0.4, -0.2) is 48.1 Å². The Balaban J connectivity index is 1.69. The lowest BCUT2D eigenvalue weighted by Crippen LogP contribution is -2.58. The van der Waals surface area contributed by atoms with Crippen molar-refractivity contribution in [3.63, 3.8) is 0 Å². The Hall–Kier alpha value is -2.24. The Labute approximate surface area is 193 Å². The van der Waals surface area contributed by atoms with Crippen LogP contribution < -0.4 is 14.8 Å². The minimum absolute atomic E-state index is 0.00370. The van der Waals surface area contributed by atoms with Gasteiger partial charge in [0.2, 0.25) is 11.8 Å². The summed E-state index contributed by atoms with van der Waals surface area (Å²) in [5.74, 6) is 2.58. The SMILES string of the molecule is CCOc1ccc(CCN2C(=O)CC[C@]2(C)C(=O)N[C@@H]2CCC[C@H](C)[C@H]2C)cc1OCC. The normalized spacial score (nSPS) is 28.0. The molecule has 178 valence electrons. The first-order valence-corrected chi connectivity index (χ1v) is 12.3. The molecule has 6 nitrogen and oxygen atoms in total. The molecule has 4 atom stereocenters. The highest BCUT2D eigenvalue weighted by Crippen LogP contribution is 2.34. The van der Waals surface area contributed by atoms with Crippen LogP contribution in [0.5, 0.6) is 11.5 Å². The highest BCUT2D eigenvalue weighted by molar-refractivity contribution is 5.94. The number of rotatable bonds is 9. The summed E-state index contributed by atoms with van der Waals surface area (Å²) >= 11 is 0. The number of likely N-dealkylation sites (tertiary alicyclic amines) is 1. The summed E-state index contributed by atoms with van der Waals surface area (Å²) in [5, 5.41) is 3.31. The van der Waals surface area contributed by atoms with Crippen molar-refractivity contribution in [2.45, 2.75) is 84.7 Å². The van der Waals surface area contributed by atoms with Crippen molar-refractivity contribution >= 4 is 11.8 Å². The zero-order valence-corrected chi connectivity index (χ0v) is 20.4. The Morgan fingerprint density at radius 1 is 1.16 bits per heavy atom. The molecule has 1 heterocycles. The smallest absolute Gasteiger partial charge is 0.245 e. The van der Waals surface area contributed by atoms with Gasteiger partial charge in [0.05, 0.1) is 13.2 Å². The maximum absolute atomic E-state index is 13.4.